The van der Waals surface area contributed by atoms with Crippen LogP contribution < -0.4 is 10.0 Å². The first-order valence-electron chi connectivity index (χ1n) is 9.89. The molecular formula is C19H21FN10O2S. The maximum atomic E-state index is 14.1. The van der Waals surface area contributed by atoms with Crippen LogP contribution in [0.3, 0.4) is 0 Å². The Hall–Kier alpha value is -3.78. The van der Waals surface area contributed by atoms with Crippen LogP contribution in [0.4, 0.5) is 10.2 Å². The second-order valence-electron chi connectivity index (χ2n) is 7.20. The summed E-state index contributed by atoms with van der Waals surface area (Å²) < 4.78 is 43.5. The molecule has 33 heavy (non-hydrogen) atoms. The number of aromatic nitrogens is 8. The van der Waals surface area contributed by atoms with Crippen molar-refractivity contribution in [3.63, 3.8) is 0 Å². The molecule has 0 atom stereocenters. The Kier molecular flexibility index (Phi) is 6.11. The molecule has 0 saturated heterocycles. The lowest BCUT2D eigenvalue weighted by Crippen LogP contribution is -2.29. The first-order chi connectivity index (χ1) is 15.7. The number of hydrogen-bond donors (Lipinski definition) is 3. The number of halogens is 1. The number of nitrogens with one attached hydrogen (secondary N) is 3. The second kappa shape index (κ2) is 8.99. The minimum absolute atomic E-state index is 0.0382. The third-order valence-corrected chi connectivity index (χ3v) is 6.07. The van der Waals surface area contributed by atoms with Crippen molar-refractivity contribution in [2.75, 3.05) is 18.4 Å². The van der Waals surface area contributed by atoms with Gasteiger partial charge in [-0.2, -0.15) is 10.3 Å². The van der Waals surface area contributed by atoms with Crippen LogP contribution in [0.15, 0.2) is 35.2 Å². The molecular weight excluding hydrogens is 451 g/mol. The van der Waals surface area contributed by atoms with Crippen molar-refractivity contribution < 1.29 is 12.8 Å². The van der Waals surface area contributed by atoms with Gasteiger partial charge in [0.2, 0.25) is 15.8 Å². The summed E-state index contributed by atoms with van der Waals surface area (Å²) >= 11 is 0. The van der Waals surface area contributed by atoms with Crippen LogP contribution in [0.25, 0.3) is 17.2 Å². The average molecular weight is 473 g/mol. The van der Waals surface area contributed by atoms with Gasteiger partial charge in [0.15, 0.2) is 5.82 Å². The van der Waals surface area contributed by atoms with Crippen LogP contribution in [0, 0.1) is 26.6 Å². The highest BCUT2D eigenvalue weighted by Gasteiger charge is 2.18. The van der Waals surface area contributed by atoms with Crippen molar-refractivity contribution in [2.24, 2.45) is 0 Å². The maximum absolute atomic E-state index is 14.1. The molecule has 0 unspecified atom stereocenters. The van der Waals surface area contributed by atoms with Crippen molar-refractivity contribution in [3.8, 4) is 17.2 Å². The van der Waals surface area contributed by atoms with Crippen LogP contribution in [0.2, 0.25) is 0 Å². The third kappa shape index (κ3) is 5.01. The van der Waals surface area contributed by atoms with Crippen molar-refractivity contribution in [1.82, 2.24) is 45.1 Å². The number of tetrazole rings is 1. The molecule has 3 N–H and O–H groups in total. The molecule has 0 fully saturated rings. The Labute approximate surface area is 188 Å². The number of aryl methyl sites for hydroxylation is 3. The van der Waals surface area contributed by atoms with E-state index in [2.05, 4.69) is 45.7 Å². The number of sulfonamides is 1. The molecule has 12 nitrogen and oxygen atoms in total. The molecule has 14 heteroatoms. The Bertz CT molecular complexity index is 1390. The third-order valence-electron chi connectivity index (χ3n) is 4.61. The zero-order valence-electron chi connectivity index (χ0n) is 18.0. The molecule has 0 bridgehead atoms. The monoisotopic (exact) mass is 472 g/mol. The molecule has 0 amide bonds. The average Bonchev–Trinajstić information content (AvgIpc) is 3.40. The van der Waals surface area contributed by atoms with Crippen LogP contribution in [-0.2, 0) is 10.0 Å². The highest BCUT2D eigenvalue weighted by Crippen LogP contribution is 2.22. The van der Waals surface area contributed by atoms with E-state index < -0.39 is 15.8 Å². The summed E-state index contributed by atoms with van der Waals surface area (Å²) in [6, 6.07) is 7.05. The van der Waals surface area contributed by atoms with E-state index in [1.165, 1.54) is 6.07 Å². The van der Waals surface area contributed by atoms with E-state index in [4.69, 9.17) is 0 Å². The number of hydrogen-bond acceptors (Lipinski definition) is 9. The summed E-state index contributed by atoms with van der Waals surface area (Å²) in [5.74, 6) is 0.990. The molecule has 172 valence electrons. The Balaban J connectivity index is 1.42. The molecule has 3 heterocycles. The zero-order chi connectivity index (χ0) is 23.6. The first-order valence-corrected chi connectivity index (χ1v) is 11.4. The molecule has 4 aromatic rings. The number of rotatable bonds is 8. The highest BCUT2D eigenvalue weighted by molar-refractivity contribution is 7.89. The van der Waals surface area contributed by atoms with Gasteiger partial charge in [-0.05, 0) is 50.3 Å². The van der Waals surface area contributed by atoms with Gasteiger partial charge in [0.1, 0.15) is 17.5 Å². The number of benzene rings is 1. The predicted molar refractivity (Wildman–Crippen MR) is 117 cm³/mol. The lowest BCUT2D eigenvalue weighted by atomic mass is 10.2. The SMILES string of the molecule is Cc1cc(C)n(-c2cc(NCCNS(=O)(=O)c3ccc(F)c(-c4nn[nH]n4)c3)nc(C)n2)n1. The molecule has 4 rings (SSSR count). The van der Waals surface area contributed by atoms with E-state index in [-0.39, 0.29) is 29.4 Å². The van der Waals surface area contributed by atoms with Crippen molar-refractivity contribution in [3.05, 3.63) is 53.4 Å². The van der Waals surface area contributed by atoms with Gasteiger partial charge in [-0.1, -0.05) is 0 Å². The van der Waals surface area contributed by atoms with Gasteiger partial charge in [-0.15, -0.1) is 10.2 Å². The van der Waals surface area contributed by atoms with E-state index in [1.807, 2.05) is 19.9 Å². The van der Waals surface area contributed by atoms with Crippen LogP contribution in [-0.4, -0.2) is 61.9 Å². The van der Waals surface area contributed by atoms with Crippen molar-refractivity contribution >= 4 is 15.8 Å². The fourth-order valence-electron chi connectivity index (χ4n) is 3.19. The lowest BCUT2D eigenvalue weighted by molar-refractivity contribution is 0.582. The fourth-order valence-corrected chi connectivity index (χ4v) is 4.25. The largest absolute Gasteiger partial charge is 0.369 e. The Morgan fingerprint density at radius 3 is 2.61 bits per heavy atom. The molecule has 0 aliphatic heterocycles. The second-order valence-corrected chi connectivity index (χ2v) is 8.97. The molecule has 0 aliphatic carbocycles. The normalized spacial score (nSPS) is 11.6. The maximum Gasteiger partial charge on any atom is 0.240 e. The van der Waals surface area contributed by atoms with Crippen LogP contribution in [0.1, 0.15) is 17.2 Å². The summed E-state index contributed by atoms with van der Waals surface area (Å²) in [5.41, 5.74) is 1.73. The fraction of sp³-hybridized carbons (Fsp3) is 0.263. The predicted octanol–water partition coefficient (Wildman–Crippen LogP) is 1.30. The minimum Gasteiger partial charge on any atom is -0.369 e. The summed E-state index contributed by atoms with van der Waals surface area (Å²) in [5, 5.41) is 20.5. The standard InChI is InChI=1S/C19H21FN10O2S/c1-11-8-12(2)30(27-11)18-10-17(23-13(3)24-18)21-6-7-22-33(31,32)14-4-5-16(20)15(9-14)19-25-28-29-26-19/h4-5,8-10,22H,6-7H2,1-3H3,(H,21,23,24)(H,25,26,28,29). The molecule has 0 saturated carbocycles. The van der Waals surface area contributed by atoms with Gasteiger partial charge in [0.05, 0.1) is 16.2 Å². The van der Waals surface area contributed by atoms with Gasteiger partial charge >= 0.3 is 0 Å². The summed E-state index contributed by atoms with van der Waals surface area (Å²) in [7, 11) is -3.90. The summed E-state index contributed by atoms with van der Waals surface area (Å²) in [6.07, 6.45) is 0. The van der Waals surface area contributed by atoms with E-state index >= 15 is 0 Å². The van der Waals surface area contributed by atoms with Crippen molar-refractivity contribution in [1.29, 1.82) is 0 Å². The first kappa shape index (κ1) is 22.4. The van der Waals surface area contributed by atoms with Gasteiger partial charge in [-0.25, -0.2) is 32.2 Å². The quantitative estimate of drug-likeness (QED) is 0.322. The number of H-pyrrole nitrogens is 1. The molecule has 0 spiro atoms. The topological polar surface area (TPSA) is 156 Å². The Morgan fingerprint density at radius 1 is 1.09 bits per heavy atom. The van der Waals surface area contributed by atoms with E-state index in [9.17, 15) is 12.8 Å². The van der Waals surface area contributed by atoms with Crippen LogP contribution >= 0.6 is 0 Å². The van der Waals surface area contributed by atoms with Crippen LogP contribution in [0.5, 0.6) is 0 Å². The molecule has 1 aromatic carbocycles. The van der Waals surface area contributed by atoms with Gasteiger partial charge in [0, 0.05) is 24.8 Å². The molecule has 0 aliphatic rings. The van der Waals surface area contributed by atoms with Crippen molar-refractivity contribution in [2.45, 2.75) is 25.7 Å². The lowest BCUT2D eigenvalue weighted by Gasteiger charge is -2.11. The van der Waals surface area contributed by atoms with Gasteiger partial charge in [0.25, 0.3) is 0 Å². The number of aromatic amines is 1. The zero-order valence-corrected chi connectivity index (χ0v) is 18.9. The van der Waals surface area contributed by atoms with E-state index in [1.54, 1.807) is 17.7 Å². The minimum atomic E-state index is -3.90. The van der Waals surface area contributed by atoms with Gasteiger partial charge < -0.3 is 5.32 Å². The van der Waals surface area contributed by atoms with Gasteiger partial charge in [-0.3, -0.25) is 0 Å². The summed E-state index contributed by atoms with van der Waals surface area (Å²) in [6.45, 7) is 5.91. The Morgan fingerprint density at radius 2 is 1.91 bits per heavy atom. The molecule has 0 radical (unpaired) electrons. The molecule has 3 aromatic heterocycles. The van der Waals surface area contributed by atoms with E-state index in [0.29, 0.717) is 17.5 Å². The summed E-state index contributed by atoms with van der Waals surface area (Å²) in [4.78, 5) is 8.63. The number of anilines is 1. The highest BCUT2D eigenvalue weighted by atomic mass is 32.2. The van der Waals surface area contributed by atoms with E-state index in [0.717, 1.165) is 23.5 Å². The number of nitrogens with zero attached hydrogens (tertiary/aromatic N) is 7. The smallest absolute Gasteiger partial charge is 0.240 e.